The van der Waals surface area contributed by atoms with Crippen LogP contribution in [-0.4, -0.2) is 11.8 Å². The topological polar surface area (TPSA) is 63.4 Å². The van der Waals surface area contributed by atoms with E-state index in [1.807, 2.05) is 13.0 Å². The van der Waals surface area contributed by atoms with Crippen LogP contribution in [0.15, 0.2) is 30.4 Å². The molecule has 0 saturated carbocycles. The van der Waals surface area contributed by atoms with Crippen molar-refractivity contribution in [2.75, 3.05) is 10.6 Å². The van der Waals surface area contributed by atoms with Crippen molar-refractivity contribution in [2.24, 2.45) is 0 Å². The van der Waals surface area contributed by atoms with Crippen molar-refractivity contribution in [3.63, 3.8) is 0 Å². The molecule has 0 atom stereocenters. The number of amides is 2. The molecule has 0 aromatic heterocycles. The number of anilines is 2. The Balaban J connectivity index is 2.39. The minimum absolute atomic E-state index is 0.325. The Morgan fingerprint density at radius 1 is 1.19 bits per heavy atom. The molecule has 2 N–H and O–H groups in total. The van der Waals surface area contributed by atoms with Gasteiger partial charge in [-0.15, -0.1) is 0 Å². The van der Waals surface area contributed by atoms with Gasteiger partial charge in [0.2, 0.25) is 0 Å². The summed E-state index contributed by atoms with van der Waals surface area (Å²) < 4.78 is 0. The Labute approximate surface area is 93.3 Å². The summed E-state index contributed by atoms with van der Waals surface area (Å²) in [7, 11) is 0. The molecule has 4 nitrogen and oxygen atoms in total. The van der Waals surface area contributed by atoms with Gasteiger partial charge in [0.1, 0.15) is 0 Å². The Morgan fingerprint density at radius 2 is 1.81 bits per heavy atom. The number of nitrogens with two attached hydrogens (primary N) is 1. The van der Waals surface area contributed by atoms with Gasteiger partial charge in [0, 0.05) is 17.8 Å². The van der Waals surface area contributed by atoms with Crippen molar-refractivity contribution in [1.29, 1.82) is 0 Å². The van der Waals surface area contributed by atoms with Crippen LogP contribution in [0.3, 0.4) is 0 Å². The van der Waals surface area contributed by atoms with Crippen LogP contribution >= 0.6 is 0 Å². The lowest BCUT2D eigenvalue weighted by molar-refractivity contribution is -0.119. The van der Waals surface area contributed by atoms with Gasteiger partial charge >= 0.3 is 0 Å². The molecule has 2 amide bonds. The number of hydrogen-bond donors (Lipinski definition) is 1. The van der Waals surface area contributed by atoms with Gasteiger partial charge in [-0.2, -0.15) is 0 Å². The van der Waals surface area contributed by atoms with Crippen LogP contribution in [0.2, 0.25) is 0 Å². The molecule has 4 heteroatoms. The summed E-state index contributed by atoms with van der Waals surface area (Å²) in [4.78, 5) is 24.0. The second kappa shape index (κ2) is 3.81. The van der Waals surface area contributed by atoms with Gasteiger partial charge in [0.25, 0.3) is 11.8 Å². The van der Waals surface area contributed by atoms with E-state index in [9.17, 15) is 9.59 Å². The monoisotopic (exact) mass is 216 g/mol. The van der Waals surface area contributed by atoms with E-state index in [1.54, 1.807) is 12.1 Å². The molecular formula is C12H12N2O2. The first-order chi connectivity index (χ1) is 7.63. The molecule has 0 aliphatic carbocycles. The maximum Gasteiger partial charge on any atom is 0.258 e. The Morgan fingerprint density at radius 3 is 2.31 bits per heavy atom. The van der Waals surface area contributed by atoms with Crippen molar-refractivity contribution in [3.05, 3.63) is 35.9 Å². The highest BCUT2D eigenvalue weighted by molar-refractivity contribution is 6.28. The second-order valence-corrected chi connectivity index (χ2v) is 3.58. The molecule has 0 bridgehead atoms. The predicted octanol–water partition coefficient (Wildman–Crippen LogP) is 1.26. The molecule has 0 spiro atoms. The summed E-state index contributed by atoms with van der Waals surface area (Å²) in [6.07, 6.45) is 3.34. The molecule has 1 aliphatic heterocycles. The standard InChI is InChI=1S/C12H12N2O2/c1-2-8-3-4-9(7-10(8)13)14-11(15)5-6-12(14)16/h3-7H,2,13H2,1H3. The average molecular weight is 216 g/mol. The lowest BCUT2D eigenvalue weighted by Gasteiger charge is -2.15. The van der Waals surface area contributed by atoms with E-state index in [4.69, 9.17) is 5.73 Å². The third-order valence-corrected chi connectivity index (χ3v) is 2.58. The minimum atomic E-state index is -0.325. The zero-order valence-corrected chi connectivity index (χ0v) is 8.93. The van der Waals surface area contributed by atoms with Gasteiger partial charge in [-0.05, 0) is 24.1 Å². The molecule has 2 rings (SSSR count). The predicted molar refractivity (Wildman–Crippen MR) is 61.9 cm³/mol. The summed E-state index contributed by atoms with van der Waals surface area (Å²) in [6, 6.07) is 5.23. The van der Waals surface area contributed by atoms with E-state index in [-0.39, 0.29) is 11.8 Å². The van der Waals surface area contributed by atoms with E-state index in [0.717, 1.165) is 16.9 Å². The summed E-state index contributed by atoms with van der Waals surface area (Å²) in [5.41, 5.74) is 7.96. The molecular weight excluding hydrogens is 204 g/mol. The Kier molecular flexibility index (Phi) is 2.48. The fourth-order valence-electron chi connectivity index (χ4n) is 1.70. The summed E-state index contributed by atoms with van der Waals surface area (Å²) in [6.45, 7) is 2.00. The first-order valence-electron chi connectivity index (χ1n) is 5.08. The second-order valence-electron chi connectivity index (χ2n) is 3.58. The maximum absolute atomic E-state index is 11.4. The average Bonchev–Trinajstić information content (AvgIpc) is 2.58. The zero-order valence-electron chi connectivity index (χ0n) is 8.93. The van der Waals surface area contributed by atoms with Gasteiger partial charge < -0.3 is 5.73 Å². The SMILES string of the molecule is CCc1ccc(N2C(=O)C=CC2=O)cc1N. The number of carbonyl (C=O) groups excluding carboxylic acids is 2. The molecule has 1 aliphatic rings. The first-order valence-corrected chi connectivity index (χ1v) is 5.08. The largest absolute Gasteiger partial charge is 0.398 e. The molecule has 1 heterocycles. The van der Waals surface area contributed by atoms with E-state index in [2.05, 4.69) is 0 Å². The number of imide groups is 1. The lowest BCUT2D eigenvalue weighted by atomic mass is 10.1. The van der Waals surface area contributed by atoms with Crippen LogP contribution in [-0.2, 0) is 16.0 Å². The number of carbonyl (C=O) groups is 2. The smallest absolute Gasteiger partial charge is 0.258 e. The highest BCUT2D eigenvalue weighted by Gasteiger charge is 2.25. The minimum Gasteiger partial charge on any atom is -0.398 e. The fraction of sp³-hybridized carbons (Fsp3) is 0.167. The Bertz CT molecular complexity index is 474. The third kappa shape index (κ3) is 1.58. The van der Waals surface area contributed by atoms with E-state index >= 15 is 0 Å². The van der Waals surface area contributed by atoms with Crippen LogP contribution < -0.4 is 10.6 Å². The number of aryl methyl sites for hydroxylation is 1. The number of benzene rings is 1. The molecule has 1 aromatic carbocycles. The van der Waals surface area contributed by atoms with Crippen LogP contribution in [0.1, 0.15) is 12.5 Å². The maximum atomic E-state index is 11.4. The van der Waals surface area contributed by atoms with Gasteiger partial charge in [0.05, 0.1) is 5.69 Å². The number of nitrogen functional groups attached to an aromatic ring is 1. The first kappa shape index (κ1) is 10.4. The van der Waals surface area contributed by atoms with Crippen molar-refractivity contribution >= 4 is 23.2 Å². The van der Waals surface area contributed by atoms with Gasteiger partial charge in [-0.3, -0.25) is 9.59 Å². The quantitative estimate of drug-likeness (QED) is 0.598. The van der Waals surface area contributed by atoms with E-state index in [1.165, 1.54) is 12.2 Å². The highest BCUT2D eigenvalue weighted by Crippen LogP contribution is 2.24. The van der Waals surface area contributed by atoms with Crippen LogP contribution in [0.4, 0.5) is 11.4 Å². The highest BCUT2D eigenvalue weighted by atomic mass is 16.2. The van der Waals surface area contributed by atoms with Crippen molar-refractivity contribution in [3.8, 4) is 0 Å². The van der Waals surface area contributed by atoms with Gasteiger partial charge in [-0.25, -0.2) is 4.90 Å². The molecule has 1 aromatic rings. The summed E-state index contributed by atoms with van der Waals surface area (Å²) in [5.74, 6) is -0.651. The van der Waals surface area contributed by atoms with Crippen LogP contribution in [0.5, 0.6) is 0 Å². The van der Waals surface area contributed by atoms with Crippen molar-refractivity contribution in [1.82, 2.24) is 0 Å². The number of nitrogens with zero attached hydrogens (tertiary/aromatic N) is 1. The molecule has 0 unspecified atom stereocenters. The Hall–Kier alpha value is -2.10. The fourth-order valence-corrected chi connectivity index (χ4v) is 1.70. The molecule has 16 heavy (non-hydrogen) atoms. The normalized spacial score (nSPS) is 14.9. The molecule has 0 radical (unpaired) electrons. The summed E-state index contributed by atoms with van der Waals surface area (Å²) in [5, 5.41) is 0. The number of rotatable bonds is 2. The zero-order chi connectivity index (χ0) is 11.7. The van der Waals surface area contributed by atoms with Gasteiger partial charge in [0.15, 0.2) is 0 Å². The van der Waals surface area contributed by atoms with Gasteiger partial charge in [-0.1, -0.05) is 13.0 Å². The van der Waals surface area contributed by atoms with Crippen LogP contribution in [0.25, 0.3) is 0 Å². The van der Waals surface area contributed by atoms with E-state index < -0.39 is 0 Å². The molecule has 82 valence electrons. The lowest BCUT2D eigenvalue weighted by Crippen LogP contribution is -2.29. The number of hydrogen-bond acceptors (Lipinski definition) is 3. The molecule has 0 fully saturated rings. The molecule has 0 saturated heterocycles. The van der Waals surface area contributed by atoms with Crippen molar-refractivity contribution in [2.45, 2.75) is 13.3 Å². The van der Waals surface area contributed by atoms with Crippen molar-refractivity contribution < 1.29 is 9.59 Å². The van der Waals surface area contributed by atoms with Crippen LogP contribution in [0, 0.1) is 0 Å². The third-order valence-electron chi connectivity index (χ3n) is 2.58. The summed E-state index contributed by atoms with van der Waals surface area (Å²) >= 11 is 0. The van der Waals surface area contributed by atoms with E-state index in [0.29, 0.717) is 11.4 Å².